The van der Waals surface area contributed by atoms with Gasteiger partial charge >= 0.3 is 0 Å². The maximum absolute atomic E-state index is 12.6. The summed E-state index contributed by atoms with van der Waals surface area (Å²) in [6, 6.07) is 21.4. The lowest BCUT2D eigenvalue weighted by Crippen LogP contribution is -2.33. The van der Waals surface area contributed by atoms with E-state index in [-0.39, 0.29) is 18.6 Å². The summed E-state index contributed by atoms with van der Waals surface area (Å²) in [6.45, 7) is -0.232. The molecule has 148 valence electrons. The largest absolute Gasteiger partial charge is 0.497 e. The molecule has 0 aromatic heterocycles. The molecule has 3 aromatic rings. The van der Waals surface area contributed by atoms with Crippen LogP contribution < -0.4 is 14.8 Å². The lowest BCUT2D eigenvalue weighted by atomic mass is 9.99. The maximum atomic E-state index is 12.6. The van der Waals surface area contributed by atoms with Gasteiger partial charge in [-0.1, -0.05) is 54.1 Å². The summed E-state index contributed by atoms with van der Waals surface area (Å²) in [5, 5.41) is 3.60. The van der Waals surface area contributed by atoms with E-state index >= 15 is 0 Å². The highest BCUT2D eigenvalue weighted by Gasteiger charge is 2.17. The van der Waals surface area contributed by atoms with Gasteiger partial charge in [0.15, 0.2) is 12.9 Å². The Bertz CT molecular complexity index is 974. The van der Waals surface area contributed by atoms with E-state index in [2.05, 4.69) is 5.32 Å². The molecule has 1 unspecified atom stereocenters. The van der Waals surface area contributed by atoms with Gasteiger partial charge in [0.1, 0.15) is 11.5 Å². The Labute approximate surface area is 174 Å². The lowest BCUT2D eigenvalue weighted by Gasteiger charge is -2.20. The molecule has 29 heavy (non-hydrogen) atoms. The van der Waals surface area contributed by atoms with Crippen LogP contribution in [0.3, 0.4) is 0 Å². The van der Waals surface area contributed by atoms with Crippen LogP contribution in [0.2, 0.25) is 5.02 Å². The molecule has 3 rings (SSSR count). The van der Waals surface area contributed by atoms with Crippen molar-refractivity contribution in [2.24, 2.45) is 0 Å². The van der Waals surface area contributed by atoms with Crippen LogP contribution in [-0.2, 0) is 4.79 Å². The second kappa shape index (κ2) is 9.75. The van der Waals surface area contributed by atoms with Crippen molar-refractivity contribution in [2.45, 2.75) is 6.04 Å². The van der Waals surface area contributed by atoms with Crippen LogP contribution in [-0.4, -0.2) is 25.9 Å². The first kappa shape index (κ1) is 20.4. The molecule has 0 aliphatic rings. The van der Waals surface area contributed by atoms with Crippen molar-refractivity contribution in [3.8, 4) is 11.5 Å². The molecule has 1 N–H and O–H groups in total. The third-order valence-corrected chi connectivity index (χ3v) is 4.60. The molecule has 0 fully saturated rings. The molecule has 1 atom stereocenters. The Morgan fingerprint density at radius 2 is 1.72 bits per heavy atom. The molecular formula is C23H20ClNO4. The molecule has 6 heteroatoms. The van der Waals surface area contributed by atoms with Crippen LogP contribution >= 0.6 is 11.6 Å². The van der Waals surface area contributed by atoms with Crippen molar-refractivity contribution >= 4 is 23.8 Å². The van der Waals surface area contributed by atoms with Gasteiger partial charge in [0, 0.05) is 5.02 Å². The topological polar surface area (TPSA) is 64.6 Å². The van der Waals surface area contributed by atoms with Crippen LogP contribution in [0.25, 0.3) is 0 Å². The SMILES string of the molecule is COc1ccc(OCC(=O)NC(c2ccccc2)c2ccc(Cl)cc2)c(C=O)c1. The summed E-state index contributed by atoms with van der Waals surface area (Å²) < 4.78 is 10.7. The molecule has 0 saturated carbocycles. The molecular weight excluding hydrogens is 390 g/mol. The predicted octanol–water partition coefficient (Wildman–Crippen LogP) is 4.45. The van der Waals surface area contributed by atoms with E-state index in [4.69, 9.17) is 21.1 Å². The zero-order valence-corrected chi connectivity index (χ0v) is 16.6. The minimum absolute atomic E-state index is 0.232. The summed E-state index contributed by atoms with van der Waals surface area (Å²) in [4.78, 5) is 23.9. The highest BCUT2D eigenvalue weighted by atomic mass is 35.5. The first-order valence-corrected chi connectivity index (χ1v) is 9.34. The number of hydrogen-bond donors (Lipinski definition) is 1. The number of amides is 1. The quantitative estimate of drug-likeness (QED) is 0.558. The molecule has 0 aliphatic heterocycles. The van der Waals surface area contributed by atoms with E-state index in [0.29, 0.717) is 28.4 Å². The van der Waals surface area contributed by atoms with Crippen LogP contribution in [0.1, 0.15) is 27.5 Å². The third-order valence-electron chi connectivity index (χ3n) is 4.34. The zero-order valence-electron chi connectivity index (χ0n) is 15.8. The number of aldehydes is 1. The summed E-state index contributed by atoms with van der Waals surface area (Å²) in [5.41, 5.74) is 2.14. The fraction of sp³-hybridized carbons (Fsp3) is 0.130. The van der Waals surface area contributed by atoms with Gasteiger partial charge in [-0.25, -0.2) is 0 Å². The number of carbonyl (C=O) groups is 2. The van der Waals surface area contributed by atoms with E-state index in [9.17, 15) is 9.59 Å². The fourth-order valence-corrected chi connectivity index (χ4v) is 3.01. The van der Waals surface area contributed by atoms with E-state index in [1.54, 1.807) is 30.3 Å². The van der Waals surface area contributed by atoms with Crippen molar-refractivity contribution in [1.82, 2.24) is 5.32 Å². The molecule has 0 heterocycles. The molecule has 0 aliphatic carbocycles. The smallest absolute Gasteiger partial charge is 0.258 e. The van der Waals surface area contributed by atoms with Crippen molar-refractivity contribution in [1.29, 1.82) is 0 Å². The van der Waals surface area contributed by atoms with E-state index < -0.39 is 0 Å². The standard InChI is InChI=1S/C23H20ClNO4/c1-28-20-11-12-21(18(13-20)14-26)29-15-22(27)25-23(16-5-3-2-4-6-16)17-7-9-19(24)10-8-17/h2-14,23H,15H2,1H3,(H,25,27). The molecule has 0 bridgehead atoms. The van der Waals surface area contributed by atoms with Crippen LogP contribution in [0.4, 0.5) is 0 Å². The summed E-state index contributed by atoms with van der Waals surface area (Å²) in [7, 11) is 1.51. The molecule has 1 amide bonds. The predicted molar refractivity (Wildman–Crippen MR) is 112 cm³/mol. The molecule has 0 spiro atoms. The van der Waals surface area contributed by atoms with Gasteiger partial charge in [-0.2, -0.15) is 0 Å². The van der Waals surface area contributed by atoms with Gasteiger partial charge in [-0.15, -0.1) is 0 Å². The minimum atomic E-state index is -0.356. The Morgan fingerprint density at radius 1 is 1.03 bits per heavy atom. The number of hydrogen-bond acceptors (Lipinski definition) is 4. The Balaban J connectivity index is 1.74. The van der Waals surface area contributed by atoms with E-state index in [1.807, 2.05) is 42.5 Å². The van der Waals surface area contributed by atoms with Gasteiger partial charge in [0.25, 0.3) is 5.91 Å². The van der Waals surface area contributed by atoms with Gasteiger partial charge < -0.3 is 14.8 Å². The normalized spacial score (nSPS) is 11.4. The third kappa shape index (κ3) is 5.36. The monoisotopic (exact) mass is 409 g/mol. The highest BCUT2D eigenvalue weighted by Crippen LogP contribution is 2.25. The van der Waals surface area contributed by atoms with E-state index in [1.165, 1.54) is 7.11 Å². The van der Waals surface area contributed by atoms with E-state index in [0.717, 1.165) is 11.1 Å². The summed E-state index contributed by atoms with van der Waals surface area (Å²) in [6.07, 6.45) is 0.663. The van der Waals surface area contributed by atoms with Crippen LogP contribution in [0, 0.1) is 0 Å². The van der Waals surface area contributed by atoms with Crippen molar-refractivity contribution < 1.29 is 19.1 Å². The summed E-state index contributed by atoms with van der Waals surface area (Å²) >= 11 is 5.99. The van der Waals surface area contributed by atoms with Gasteiger partial charge in [-0.05, 0) is 41.5 Å². The second-order valence-corrected chi connectivity index (χ2v) is 6.71. The highest BCUT2D eigenvalue weighted by molar-refractivity contribution is 6.30. The number of ether oxygens (including phenoxy) is 2. The first-order chi connectivity index (χ1) is 14.1. The fourth-order valence-electron chi connectivity index (χ4n) is 2.88. The number of methoxy groups -OCH3 is 1. The minimum Gasteiger partial charge on any atom is -0.497 e. The average molecular weight is 410 g/mol. The number of benzene rings is 3. The molecule has 0 radical (unpaired) electrons. The van der Waals surface area contributed by atoms with Crippen molar-refractivity contribution in [3.05, 3.63) is 94.5 Å². The second-order valence-electron chi connectivity index (χ2n) is 6.27. The Morgan fingerprint density at radius 3 is 2.38 bits per heavy atom. The molecule has 5 nitrogen and oxygen atoms in total. The number of carbonyl (C=O) groups excluding carboxylic acids is 2. The first-order valence-electron chi connectivity index (χ1n) is 8.96. The van der Waals surface area contributed by atoms with Gasteiger partial charge in [-0.3, -0.25) is 9.59 Å². The van der Waals surface area contributed by atoms with Gasteiger partial charge in [0.2, 0.25) is 0 Å². The Kier molecular flexibility index (Phi) is 6.87. The number of nitrogens with one attached hydrogen (secondary N) is 1. The molecule has 3 aromatic carbocycles. The van der Waals surface area contributed by atoms with Crippen LogP contribution in [0.15, 0.2) is 72.8 Å². The zero-order chi connectivity index (χ0) is 20.6. The average Bonchev–Trinajstić information content (AvgIpc) is 2.77. The van der Waals surface area contributed by atoms with Crippen molar-refractivity contribution in [3.63, 3.8) is 0 Å². The molecule has 0 saturated heterocycles. The lowest BCUT2D eigenvalue weighted by molar-refractivity contribution is -0.123. The Hall–Kier alpha value is -3.31. The number of halogens is 1. The maximum Gasteiger partial charge on any atom is 0.258 e. The van der Waals surface area contributed by atoms with Gasteiger partial charge in [0.05, 0.1) is 18.7 Å². The van der Waals surface area contributed by atoms with Crippen LogP contribution in [0.5, 0.6) is 11.5 Å². The number of rotatable bonds is 8. The van der Waals surface area contributed by atoms with Crippen molar-refractivity contribution in [2.75, 3.05) is 13.7 Å². The summed E-state index contributed by atoms with van der Waals surface area (Å²) in [5.74, 6) is 0.538.